The summed E-state index contributed by atoms with van der Waals surface area (Å²) in [4.78, 5) is 26.9. The van der Waals surface area contributed by atoms with Crippen molar-refractivity contribution in [2.75, 3.05) is 13.2 Å². The molecule has 0 unspecified atom stereocenters. The molecule has 6 nitrogen and oxygen atoms in total. The molecule has 1 fully saturated rings. The zero-order chi connectivity index (χ0) is 19.9. The summed E-state index contributed by atoms with van der Waals surface area (Å²) in [6.45, 7) is 2.46. The van der Waals surface area contributed by atoms with E-state index in [1.807, 2.05) is 55.5 Å². The van der Waals surface area contributed by atoms with Gasteiger partial charge in [0.25, 0.3) is 0 Å². The maximum atomic E-state index is 13.2. The molecule has 0 spiro atoms. The third-order valence-electron chi connectivity index (χ3n) is 5.46. The lowest BCUT2D eigenvalue weighted by Crippen LogP contribution is -2.65. The first-order valence-electron chi connectivity index (χ1n) is 9.16. The molecule has 0 aromatic heterocycles. The molecule has 146 valence electrons. The molecule has 1 saturated heterocycles. The van der Waals surface area contributed by atoms with Crippen LogP contribution in [0.15, 0.2) is 53.0 Å². The van der Waals surface area contributed by atoms with Crippen LogP contribution in [-0.2, 0) is 9.59 Å². The summed E-state index contributed by atoms with van der Waals surface area (Å²) in [5.74, 6) is -0.682. The third kappa shape index (κ3) is 3.24. The van der Waals surface area contributed by atoms with Crippen molar-refractivity contribution in [1.82, 2.24) is 4.90 Å². The minimum absolute atomic E-state index is 0.274. The van der Waals surface area contributed by atoms with E-state index in [0.29, 0.717) is 24.5 Å². The SMILES string of the molecule is C[C@@]12C[C@@H](c3ccccc3O1)[C@H](C(N)=O)C(=O)N2CCOc1ccc(Br)cc1. The van der Waals surface area contributed by atoms with Crippen LogP contribution in [0.5, 0.6) is 11.5 Å². The first-order chi connectivity index (χ1) is 13.4. The van der Waals surface area contributed by atoms with Crippen molar-refractivity contribution in [3.8, 4) is 11.5 Å². The average Bonchev–Trinajstić information content (AvgIpc) is 2.65. The number of nitrogens with zero attached hydrogens (tertiary/aromatic N) is 1. The number of carbonyl (C=O) groups is 2. The smallest absolute Gasteiger partial charge is 0.238 e. The van der Waals surface area contributed by atoms with Crippen LogP contribution in [0, 0.1) is 5.92 Å². The first kappa shape index (κ1) is 18.8. The molecule has 2 heterocycles. The van der Waals surface area contributed by atoms with Gasteiger partial charge in [-0.1, -0.05) is 34.1 Å². The number of hydrogen-bond acceptors (Lipinski definition) is 4. The molecule has 3 atom stereocenters. The molecule has 2 aromatic rings. The van der Waals surface area contributed by atoms with Crippen LogP contribution in [0.2, 0.25) is 0 Å². The summed E-state index contributed by atoms with van der Waals surface area (Å²) in [5, 5.41) is 0. The minimum atomic E-state index is -0.897. The summed E-state index contributed by atoms with van der Waals surface area (Å²) in [5.41, 5.74) is 5.65. The second-order valence-electron chi connectivity index (χ2n) is 7.30. The van der Waals surface area contributed by atoms with E-state index in [1.165, 1.54) is 0 Å². The molecular formula is C21H21BrN2O4. The Balaban J connectivity index is 1.58. The molecule has 28 heavy (non-hydrogen) atoms. The molecule has 0 saturated carbocycles. The van der Waals surface area contributed by atoms with Crippen molar-refractivity contribution in [2.24, 2.45) is 11.7 Å². The fourth-order valence-electron chi connectivity index (χ4n) is 4.16. The summed E-state index contributed by atoms with van der Waals surface area (Å²) in [6, 6.07) is 15.0. The molecule has 7 heteroatoms. The predicted octanol–water partition coefficient (Wildman–Crippen LogP) is 3.05. The van der Waals surface area contributed by atoms with Gasteiger partial charge >= 0.3 is 0 Å². The number of halogens is 1. The molecular weight excluding hydrogens is 424 g/mol. The van der Waals surface area contributed by atoms with Crippen LogP contribution >= 0.6 is 15.9 Å². The van der Waals surface area contributed by atoms with E-state index in [2.05, 4.69) is 15.9 Å². The van der Waals surface area contributed by atoms with Crippen LogP contribution in [0.3, 0.4) is 0 Å². The van der Waals surface area contributed by atoms with Crippen molar-refractivity contribution in [3.63, 3.8) is 0 Å². The number of nitrogens with two attached hydrogens (primary N) is 1. The third-order valence-corrected chi connectivity index (χ3v) is 5.98. The van der Waals surface area contributed by atoms with Crippen molar-refractivity contribution < 1.29 is 19.1 Å². The standard InChI is InChI=1S/C21H21BrN2O4/c1-21-12-16(15-4-2-3-5-17(15)28-21)18(19(23)25)20(26)24(21)10-11-27-14-8-6-13(22)7-9-14/h2-9,16,18H,10-12H2,1H3,(H2,23,25)/t16-,18+,21-/m0/s1. The fraction of sp³-hybridized carbons (Fsp3) is 0.333. The van der Waals surface area contributed by atoms with Gasteiger partial charge in [-0.2, -0.15) is 0 Å². The number of likely N-dealkylation sites (tertiary alicyclic amines) is 1. The van der Waals surface area contributed by atoms with Crippen LogP contribution in [0.25, 0.3) is 0 Å². The number of primary amides is 1. The number of para-hydroxylation sites is 1. The average molecular weight is 445 g/mol. The van der Waals surface area contributed by atoms with Crippen molar-refractivity contribution in [2.45, 2.75) is 25.0 Å². The Hall–Kier alpha value is -2.54. The molecule has 2 aliphatic rings. The van der Waals surface area contributed by atoms with E-state index < -0.39 is 17.6 Å². The molecule has 4 rings (SSSR count). The van der Waals surface area contributed by atoms with E-state index in [4.69, 9.17) is 15.2 Å². The highest BCUT2D eigenvalue weighted by atomic mass is 79.9. The molecule has 2 aliphatic heterocycles. The maximum Gasteiger partial charge on any atom is 0.238 e. The van der Waals surface area contributed by atoms with E-state index in [-0.39, 0.29) is 18.4 Å². The Bertz CT molecular complexity index is 917. The normalized spacial score (nSPS) is 25.6. The fourth-order valence-corrected chi connectivity index (χ4v) is 4.43. The summed E-state index contributed by atoms with van der Waals surface area (Å²) < 4.78 is 12.9. The Morgan fingerprint density at radius 3 is 2.71 bits per heavy atom. The van der Waals surface area contributed by atoms with Gasteiger partial charge in [0.1, 0.15) is 24.0 Å². The number of amides is 2. The van der Waals surface area contributed by atoms with Gasteiger partial charge in [-0.3, -0.25) is 9.59 Å². The number of fused-ring (bicyclic) bond motifs is 4. The van der Waals surface area contributed by atoms with Crippen LogP contribution < -0.4 is 15.2 Å². The van der Waals surface area contributed by atoms with Gasteiger partial charge in [-0.25, -0.2) is 0 Å². The Morgan fingerprint density at radius 1 is 1.29 bits per heavy atom. The van der Waals surface area contributed by atoms with E-state index in [0.717, 1.165) is 10.0 Å². The number of benzene rings is 2. The molecule has 2 N–H and O–H groups in total. The van der Waals surface area contributed by atoms with Crippen molar-refractivity contribution >= 4 is 27.7 Å². The molecule has 0 aliphatic carbocycles. The number of rotatable bonds is 5. The summed E-state index contributed by atoms with van der Waals surface area (Å²) in [7, 11) is 0. The molecule has 2 amide bonds. The highest BCUT2D eigenvalue weighted by molar-refractivity contribution is 9.10. The van der Waals surface area contributed by atoms with Gasteiger partial charge in [0.15, 0.2) is 5.72 Å². The van der Waals surface area contributed by atoms with Gasteiger partial charge in [-0.05, 0) is 42.8 Å². The second kappa shape index (κ2) is 7.13. The highest BCUT2D eigenvalue weighted by Crippen LogP contribution is 2.49. The lowest BCUT2D eigenvalue weighted by molar-refractivity contribution is -0.176. The lowest BCUT2D eigenvalue weighted by Gasteiger charge is -2.52. The molecule has 2 aromatic carbocycles. The van der Waals surface area contributed by atoms with Crippen LogP contribution in [-0.4, -0.2) is 35.6 Å². The molecule has 0 radical (unpaired) electrons. The number of hydrogen-bond donors (Lipinski definition) is 1. The van der Waals surface area contributed by atoms with Gasteiger partial charge in [0, 0.05) is 16.8 Å². The van der Waals surface area contributed by atoms with Gasteiger partial charge in [-0.15, -0.1) is 0 Å². The number of ether oxygens (including phenoxy) is 2. The van der Waals surface area contributed by atoms with E-state index >= 15 is 0 Å². The quantitative estimate of drug-likeness (QED) is 0.718. The van der Waals surface area contributed by atoms with E-state index in [9.17, 15) is 9.59 Å². The first-order valence-corrected chi connectivity index (χ1v) is 9.95. The monoisotopic (exact) mass is 444 g/mol. The van der Waals surface area contributed by atoms with E-state index in [1.54, 1.807) is 4.90 Å². The van der Waals surface area contributed by atoms with Crippen LogP contribution in [0.4, 0.5) is 0 Å². The zero-order valence-electron chi connectivity index (χ0n) is 15.4. The number of carbonyl (C=O) groups excluding carboxylic acids is 2. The van der Waals surface area contributed by atoms with Gasteiger partial charge < -0.3 is 20.1 Å². The Kier molecular flexibility index (Phi) is 4.79. The highest BCUT2D eigenvalue weighted by Gasteiger charge is 2.55. The lowest BCUT2D eigenvalue weighted by atomic mass is 9.73. The maximum absolute atomic E-state index is 13.2. The minimum Gasteiger partial charge on any atom is -0.492 e. The second-order valence-corrected chi connectivity index (χ2v) is 8.21. The van der Waals surface area contributed by atoms with Crippen molar-refractivity contribution in [1.29, 1.82) is 0 Å². The van der Waals surface area contributed by atoms with Gasteiger partial charge in [0.2, 0.25) is 11.8 Å². The molecule has 2 bridgehead atoms. The Morgan fingerprint density at radius 2 is 2.00 bits per heavy atom. The largest absolute Gasteiger partial charge is 0.492 e. The number of piperidine rings is 1. The van der Waals surface area contributed by atoms with Crippen LogP contribution in [0.1, 0.15) is 24.8 Å². The topological polar surface area (TPSA) is 81.9 Å². The summed E-state index contributed by atoms with van der Waals surface area (Å²) >= 11 is 3.38. The van der Waals surface area contributed by atoms with Gasteiger partial charge in [0.05, 0.1) is 6.54 Å². The predicted molar refractivity (Wildman–Crippen MR) is 107 cm³/mol. The Labute approximate surface area is 171 Å². The zero-order valence-corrected chi connectivity index (χ0v) is 17.0. The van der Waals surface area contributed by atoms with Crippen molar-refractivity contribution in [3.05, 3.63) is 58.6 Å². The summed E-state index contributed by atoms with van der Waals surface area (Å²) in [6.07, 6.45) is 0.516.